The maximum absolute atomic E-state index is 13.0. The van der Waals surface area contributed by atoms with E-state index in [2.05, 4.69) is 31.3 Å². The van der Waals surface area contributed by atoms with E-state index in [1.165, 1.54) is 0 Å². The van der Waals surface area contributed by atoms with Gasteiger partial charge in [0.05, 0.1) is 11.6 Å². The summed E-state index contributed by atoms with van der Waals surface area (Å²) < 4.78 is 0. The molecule has 0 fully saturated rings. The van der Waals surface area contributed by atoms with Crippen LogP contribution in [0.25, 0.3) is 0 Å². The molecule has 3 rings (SSSR count). The van der Waals surface area contributed by atoms with E-state index < -0.39 is 0 Å². The van der Waals surface area contributed by atoms with Crippen molar-refractivity contribution >= 4 is 23.2 Å². The fraction of sp³-hybridized carbons (Fsp3) is 0.278. The van der Waals surface area contributed by atoms with Gasteiger partial charge >= 0.3 is 0 Å². The van der Waals surface area contributed by atoms with Crippen LogP contribution in [0.5, 0.6) is 0 Å². The highest BCUT2D eigenvalue weighted by Crippen LogP contribution is 2.30. The number of amides is 1. The molecule has 1 heterocycles. The molecule has 1 N–H and O–H groups in total. The zero-order valence-electron chi connectivity index (χ0n) is 12.7. The zero-order valence-corrected chi connectivity index (χ0v) is 13.5. The third-order valence-corrected chi connectivity index (χ3v) is 4.33. The van der Waals surface area contributed by atoms with Crippen molar-refractivity contribution in [2.75, 3.05) is 11.9 Å². The largest absolute Gasteiger partial charge is 0.380 e. The second kappa shape index (κ2) is 6.01. The van der Waals surface area contributed by atoms with E-state index in [-0.39, 0.29) is 18.0 Å². The highest BCUT2D eigenvalue weighted by Gasteiger charge is 2.29. The number of hydrogen-bond donors (Lipinski definition) is 1. The van der Waals surface area contributed by atoms with Crippen LogP contribution in [0.15, 0.2) is 48.5 Å². The van der Waals surface area contributed by atoms with Gasteiger partial charge in [-0.15, -0.1) is 0 Å². The Morgan fingerprint density at radius 1 is 1.23 bits per heavy atom. The summed E-state index contributed by atoms with van der Waals surface area (Å²) in [5.41, 5.74) is 2.62. The highest BCUT2D eigenvalue weighted by atomic mass is 35.5. The molecular weight excluding hydrogens is 296 g/mol. The van der Waals surface area contributed by atoms with Crippen LogP contribution in [0.2, 0.25) is 5.02 Å². The average molecular weight is 315 g/mol. The number of fused-ring (bicyclic) bond motifs is 1. The minimum atomic E-state index is 0.0166. The van der Waals surface area contributed by atoms with Gasteiger partial charge in [-0.05, 0) is 37.6 Å². The third kappa shape index (κ3) is 2.81. The molecule has 0 radical (unpaired) electrons. The van der Waals surface area contributed by atoms with Crippen LogP contribution >= 0.6 is 11.6 Å². The third-order valence-electron chi connectivity index (χ3n) is 4.09. The molecule has 0 saturated heterocycles. The number of anilines is 1. The van der Waals surface area contributed by atoms with E-state index in [4.69, 9.17) is 11.6 Å². The lowest BCUT2D eigenvalue weighted by Gasteiger charge is -2.30. The number of rotatable bonds is 2. The Morgan fingerprint density at radius 3 is 2.68 bits per heavy atom. The van der Waals surface area contributed by atoms with Gasteiger partial charge in [-0.25, -0.2) is 0 Å². The van der Waals surface area contributed by atoms with Gasteiger partial charge in [0.1, 0.15) is 0 Å². The lowest BCUT2D eigenvalue weighted by molar-refractivity contribution is 0.0692. The number of nitrogens with zero attached hydrogens (tertiary/aromatic N) is 1. The number of halogens is 1. The predicted octanol–water partition coefficient (Wildman–Crippen LogP) is 4.36. The van der Waals surface area contributed by atoms with Crippen LogP contribution in [0.3, 0.4) is 0 Å². The minimum absolute atomic E-state index is 0.0166. The second-order valence-electron chi connectivity index (χ2n) is 5.78. The Bertz CT molecular complexity index is 687. The summed E-state index contributed by atoms with van der Waals surface area (Å²) in [5.74, 6) is 0.0192. The molecular formula is C18H19ClN2O. The lowest BCUT2D eigenvalue weighted by Crippen LogP contribution is -2.38. The van der Waals surface area contributed by atoms with Crippen LogP contribution < -0.4 is 5.32 Å². The standard InChI is InChI=1S/C18H19ClN2O/c1-12-11-21(13(2)14-6-4-3-5-7-14)18(22)16-10-15(19)8-9-17(16)20-12/h3-10,12-13,20H,11H2,1-2H3/t12-,13-/m1/s1. The highest BCUT2D eigenvalue weighted by molar-refractivity contribution is 6.31. The summed E-state index contributed by atoms with van der Waals surface area (Å²) in [7, 11) is 0. The van der Waals surface area contributed by atoms with E-state index in [0.717, 1.165) is 11.3 Å². The number of carbonyl (C=O) groups excluding carboxylic acids is 1. The predicted molar refractivity (Wildman–Crippen MR) is 90.4 cm³/mol. The van der Waals surface area contributed by atoms with Crippen molar-refractivity contribution in [2.24, 2.45) is 0 Å². The molecule has 0 aromatic heterocycles. The molecule has 2 aromatic rings. The maximum Gasteiger partial charge on any atom is 0.256 e. The van der Waals surface area contributed by atoms with Crippen LogP contribution in [0.4, 0.5) is 5.69 Å². The van der Waals surface area contributed by atoms with Crippen molar-refractivity contribution < 1.29 is 4.79 Å². The van der Waals surface area contributed by atoms with Crippen LogP contribution in [0.1, 0.15) is 35.8 Å². The first-order chi connectivity index (χ1) is 10.6. The molecule has 114 valence electrons. The number of hydrogen-bond acceptors (Lipinski definition) is 2. The summed E-state index contributed by atoms with van der Waals surface area (Å²) in [5, 5.41) is 3.97. The molecule has 4 heteroatoms. The minimum Gasteiger partial charge on any atom is -0.380 e. The monoisotopic (exact) mass is 314 g/mol. The van der Waals surface area contributed by atoms with Gasteiger partial charge in [0, 0.05) is 23.3 Å². The van der Waals surface area contributed by atoms with E-state index in [1.807, 2.05) is 35.2 Å². The molecule has 0 bridgehead atoms. The van der Waals surface area contributed by atoms with Crippen molar-refractivity contribution in [2.45, 2.75) is 25.9 Å². The van der Waals surface area contributed by atoms with Crippen LogP contribution in [-0.4, -0.2) is 23.4 Å². The van der Waals surface area contributed by atoms with E-state index in [1.54, 1.807) is 6.07 Å². The van der Waals surface area contributed by atoms with E-state index in [9.17, 15) is 4.79 Å². The quantitative estimate of drug-likeness (QED) is 0.893. The zero-order chi connectivity index (χ0) is 15.7. The molecule has 1 aliphatic rings. The summed E-state index contributed by atoms with van der Waals surface area (Å²) in [4.78, 5) is 14.9. The fourth-order valence-electron chi connectivity index (χ4n) is 2.91. The molecule has 2 atom stereocenters. The fourth-order valence-corrected chi connectivity index (χ4v) is 3.08. The Morgan fingerprint density at radius 2 is 1.95 bits per heavy atom. The molecule has 3 nitrogen and oxygen atoms in total. The summed E-state index contributed by atoms with van der Waals surface area (Å²) in [6.45, 7) is 4.80. The smallest absolute Gasteiger partial charge is 0.256 e. The van der Waals surface area contributed by atoms with Gasteiger partial charge in [0.25, 0.3) is 5.91 Å². The maximum atomic E-state index is 13.0. The SMILES string of the molecule is C[C@@H]1CN([C@H](C)c2ccccc2)C(=O)c2cc(Cl)ccc2N1. The van der Waals surface area contributed by atoms with Gasteiger partial charge in [-0.1, -0.05) is 41.9 Å². The van der Waals surface area contributed by atoms with E-state index in [0.29, 0.717) is 17.1 Å². The van der Waals surface area contributed by atoms with Crippen molar-refractivity contribution in [1.29, 1.82) is 0 Å². The Labute approximate surface area is 135 Å². The van der Waals surface area contributed by atoms with Gasteiger partial charge in [-0.2, -0.15) is 0 Å². The first kappa shape index (κ1) is 14.9. The molecule has 1 aliphatic heterocycles. The van der Waals surface area contributed by atoms with Gasteiger partial charge < -0.3 is 10.2 Å². The van der Waals surface area contributed by atoms with Gasteiger partial charge in [0.2, 0.25) is 0 Å². The Balaban J connectivity index is 2.00. The number of benzene rings is 2. The topological polar surface area (TPSA) is 32.3 Å². The van der Waals surface area contributed by atoms with Crippen molar-refractivity contribution in [3.8, 4) is 0 Å². The van der Waals surface area contributed by atoms with E-state index >= 15 is 0 Å². The second-order valence-corrected chi connectivity index (χ2v) is 6.22. The van der Waals surface area contributed by atoms with Crippen molar-refractivity contribution in [3.63, 3.8) is 0 Å². The number of carbonyl (C=O) groups is 1. The molecule has 0 saturated carbocycles. The molecule has 0 aliphatic carbocycles. The molecule has 0 unspecified atom stereocenters. The Kier molecular flexibility index (Phi) is 4.08. The lowest BCUT2D eigenvalue weighted by atomic mass is 10.1. The van der Waals surface area contributed by atoms with Gasteiger partial charge in [0.15, 0.2) is 0 Å². The molecule has 0 spiro atoms. The molecule has 2 aromatic carbocycles. The van der Waals surface area contributed by atoms with Crippen molar-refractivity contribution in [1.82, 2.24) is 4.90 Å². The number of nitrogens with one attached hydrogen (secondary N) is 1. The molecule has 1 amide bonds. The average Bonchev–Trinajstić information content (AvgIpc) is 2.65. The van der Waals surface area contributed by atoms with Crippen LogP contribution in [0, 0.1) is 0 Å². The summed E-state index contributed by atoms with van der Waals surface area (Å²) in [6, 6.07) is 15.7. The Hall–Kier alpha value is -2.00. The summed E-state index contributed by atoms with van der Waals surface area (Å²) >= 11 is 6.08. The first-order valence-corrected chi connectivity index (χ1v) is 7.86. The summed E-state index contributed by atoms with van der Waals surface area (Å²) in [6.07, 6.45) is 0. The normalized spacial score (nSPS) is 19.1. The van der Waals surface area contributed by atoms with Crippen LogP contribution in [-0.2, 0) is 0 Å². The van der Waals surface area contributed by atoms with Gasteiger partial charge in [-0.3, -0.25) is 4.79 Å². The first-order valence-electron chi connectivity index (χ1n) is 7.48. The van der Waals surface area contributed by atoms with Crippen molar-refractivity contribution in [3.05, 3.63) is 64.7 Å². The molecule has 22 heavy (non-hydrogen) atoms.